The van der Waals surface area contributed by atoms with Gasteiger partial charge < -0.3 is 23.7 Å². The first-order valence-electron chi connectivity index (χ1n) is 12.4. The first-order valence-corrected chi connectivity index (χ1v) is 12.4. The summed E-state index contributed by atoms with van der Waals surface area (Å²) in [5.74, 6) is 7.34. The number of carbonyl (C=O) groups is 2. The number of aryl methyl sites for hydroxylation is 1. The Labute approximate surface area is 231 Å². The fourth-order valence-corrected chi connectivity index (χ4v) is 3.79. The van der Waals surface area contributed by atoms with Crippen molar-refractivity contribution in [3.05, 3.63) is 95.9 Å². The van der Waals surface area contributed by atoms with Gasteiger partial charge in [0.05, 0.1) is 13.2 Å². The topological polar surface area (TPSA) is 111 Å². The van der Waals surface area contributed by atoms with E-state index in [0.717, 1.165) is 10.5 Å². The van der Waals surface area contributed by atoms with Gasteiger partial charge >= 0.3 is 12.1 Å². The molecule has 1 aromatic heterocycles. The SMILES string of the molecule is COc1ccc(OC(=O)N(CC(=O)O)C(C)c2ccc(OCC#Cc3nc(-c4ccccc4)oc3C)cc2)cc1. The van der Waals surface area contributed by atoms with Gasteiger partial charge in [0.2, 0.25) is 5.89 Å². The molecule has 9 heteroatoms. The first-order chi connectivity index (χ1) is 19.3. The molecule has 0 radical (unpaired) electrons. The molecule has 204 valence electrons. The van der Waals surface area contributed by atoms with Crippen molar-refractivity contribution in [1.82, 2.24) is 9.88 Å². The van der Waals surface area contributed by atoms with E-state index in [1.807, 2.05) is 37.3 Å². The van der Waals surface area contributed by atoms with Gasteiger partial charge in [-0.2, -0.15) is 0 Å². The highest BCUT2D eigenvalue weighted by Crippen LogP contribution is 2.25. The minimum Gasteiger partial charge on any atom is -0.497 e. The van der Waals surface area contributed by atoms with E-state index in [4.69, 9.17) is 18.6 Å². The molecular formula is C31H28N2O7. The van der Waals surface area contributed by atoms with Crippen LogP contribution < -0.4 is 14.2 Å². The highest BCUT2D eigenvalue weighted by Gasteiger charge is 2.26. The zero-order valence-electron chi connectivity index (χ0n) is 22.3. The van der Waals surface area contributed by atoms with Gasteiger partial charge in [-0.05, 0) is 73.9 Å². The zero-order chi connectivity index (χ0) is 28.5. The van der Waals surface area contributed by atoms with Crippen LogP contribution in [0.3, 0.4) is 0 Å². The highest BCUT2D eigenvalue weighted by molar-refractivity contribution is 5.78. The van der Waals surface area contributed by atoms with Gasteiger partial charge in [-0.3, -0.25) is 9.69 Å². The number of nitrogens with zero attached hydrogens (tertiary/aromatic N) is 2. The Morgan fingerprint density at radius 1 is 0.975 bits per heavy atom. The molecule has 9 nitrogen and oxygen atoms in total. The van der Waals surface area contributed by atoms with Gasteiger partial charge in [0.15, 0.2) is 5.69 Å². The van der Waals surface area contributed by atoms with Crippen LogP contribution in [0.2, 0.25) is 0 Å². The summed E-state index contributed by atoms with van der Waals surface area (Å²) in [6.07, 6.45) is -0.783. The molecule has 40 heavy (non-hydrogen) atoms. The summed E-state index contributed by atoms with van der Waals surface area (Å²) >= 11 is 0. The molecule has 0 spiro atoms. The molecule has 0 saturated heterocycles. The summed E-state index contributed by atoms with van der Waals surface area (Å²) < 4.78 is 21.9. The molecule has 0 aliphatic heterocycles. The summed E-state index contributed by atoms with van der Waals surface area (Å²) in [5.41, 5.74) is 2.13. The molecule has 0 aliphatic rings. The van der Waals surface area contributed by atoms with E-state index in [9.17, 15) is 14.7 Å². The Kier molecular flexibility index (Phi) is 9.05. The lowest BCUT2D eigenvalue weighted by Gasteiger charge is -2.27. The number of methoxy groups -OCH3 is 1. The number of aromatic nitrogens is 1. The number of carboxylic acid groups (broad SMARTS) is 1. The lowest BCUT2D eigenvalue weighted by atomic mass is 10.1. The number of oxazole rings is 1. The lowest BCUT2D eigenvalue weighted by molar-refractivity contribution is -0.138. The van der Waals surface area contributed by atoms with Gasteiger partial charge in [0.25, 0.3) is 0 Å². The molecule has 4 rings (SSSR count). The maximum atomic E-state index is 12.8. The second-order valence-corrected chi connectivity index (χ2v) is 8.69. The number of ether oxygens (including phenoxy) is 3. The molecule has 0 bridgehead atoms. The average Bonchev–Trinajstić information content (AvgIpc) is 3.35. The highest BCUT2D eigenvalue weighted by atomic mass is 16.6. The predicted molar refractivity (Wildman–Crippen MR) is 147 cm³/mol. The Morgan fingerprint density at radius 2 is 1.62 bits per heavy atom. The summed E-state index contributed by atoms with van der Waals surface area (Å²) in [5, 5.41) is 9.38. The largest absolute Gasteiger partial charge is 0.497 e. The van der Waals surface area contributed by atoms with Crippen molar-refractivity contribution >= 4 is 12.1 Å². The standard InChI is InChI=1S/C31H28N2O7/c1-21(33(20-29(34)35)31(36)40-27-17-15-25(37-3)16-18-27)23-11-13-26(14-12-23)38-19-7-10-28-22(2)39-30(32-28)24-8-5-4-6-9-24/h4-6,8-9,11-18,21H,19-20H2,1-3H3,(H,34,35). The van der Waals surface area contributed by atoms with Crippen molar-refractivity contribution in [2.75, 3.05) is 20.3 Å². The normalized spacial score (nSPS) is 11.1. The van der Waals surface area contributed by atoms with E-state index in [-0.39, 0.29) is 12.4 Å². The fourth-order valence-electron chi connectivity index (χ4n) is 3.79. The quantitative estimate of drug-likeness (QED) is 0.268. The van der Waals surface area contributed by atoms with Crippen LogP contribution in [0, 0.1) is 18.8 Å². The minimum atomic E-state index is -1.16. The van der Waals surface area contributed by atoms with E-state index in [2.05, 4.69) is 16.8 Å². The Hall–Kier alpha value is -5.23. The maximum absolute atomic E-state index is 12.8. The van der Waals surface area contributed by atoms with Crippen molar-refractivity contribution in [2.24, 2.45) is 0 Å². The molecular weight excluding hydrogens is 512 g/mol. The van der Waals surface area contributed by atoms with Gasteiger partial charge in [-0.15, -0.1) is 0 Å². The molecule has 1 unspecified atom stereocenters. The lowest BCUT2D eigenvalue weighted by Crippen LogP contribution is -2.39. The van der Waals surface area contributed by atoms with E-state index in [1.165, 1.54) is 7.11 Å². The van der Waals surface area contributed by atoms with E-state index in [0.29, 0.717) is 34.4 Å². The maximum Gasteiger partial charge on any atom is 0.416 e. The van der Waals surface area contributed by atoms with Crippen LogP contribution in [0.25, 0.3) is 11.5 Å². The van der Waals surface area contributed by atoms with Crippen LogP contribution >= 0.6 is 0 Å². The van der Waals surface area contributed by atoms with Gasteiger partial charge in [0, 0.05) is 5.56 Å². The fraction of sp³-hybridized carbons (Fsp3) is 0.194. The van der Waals surface area contributed by atoms with E-state index in [1.54, 1.807) is 55.5 Å². The second kappa shape index (κ2) is 13.0. The van der Waals surface area contributed by atoms with Gasteiger partial charge in [-0.25, -0.2) is 9.78 Å². The number of carbonyl (C=O) groups excluding carboxylic acids is 1. The Morgan fingerprint density at radius 3 is 2.27 bits per heavy atom. The number of carboxylic acids is 1. The number of aliphatic carboxylic acids is 1. The van der Waals surface area contributed by atoms with Crippen molar-refractivity contribution in [3.8, 4) is 40.5 Å². The van der Waals surface area contributed by atoms with E-state index < -0.39 is 24.6 Å². The minimum absolute atomic E-state index is 0.126. The van der Waals surface area contributed by atoms with Gasteiger partial charge in [-0.1, -0.05) is 36.3 Å². The summed E-state index contributed by atoms with van der Waals surface area (Å²) in [6, 6.07) is 22.4. The number of hydrogen-bond acceptors (Lipinski definition) is 7. The summed E-state index contributed by atoms with van der Waals surface area (Å²) in [4.78, 5) is 29.9. The van der Waals surface area contributed by atoms with Crippen molar-refractivity contribution in [3.63, 3.8) is 0 Å². The number of amides is 1. The van der Waals surface area contributed by atoms with Crippen LogP contribution in [0.4, 0.5) is 4.79 Å². The molecule has 1 atom stereocenters. The van der Waals surface area contributed by atoms with Crippen LogP contribution in [-0.2, 0) is 4.79 Å². The zero-order valence-corrected chi connectivity index (χ0v) is 22.3. The van der Waals surface area contributed by atoms with Crippen LogP contribution in [0.1, 0.15) is 30.0 Å². The molecule has 3 aromatic carbocycles. The third kappa shape index (κ3) is 7.20. The number of rotatable bonds is 9. The average molecular weight is 541 g/mol. The van der Waals surface area contributed by atoms with Gasteiger partial charge in [0.1, 0.15) is 36.2 Å². The number of benzene rings is 3. The number of hydrogen-bond donors (Lipinski definition) is 1. The Bertz CT molecular complexity index is 1500. The smallest absolute Gasteiger partial charge is 0.416 e. The summed E-state index contributed by atoms with van der Waals surface area (Å²) in [7, 11) is 1.53. The van der Waals surface area contributed by atoms with E-state index >= 15 is 0 Å². The second-order valence-electron chi connectivity index (χ2n) is 8.69. The van der Waals surface area contributed by atoms with Crippen LogP contribution in [0.5, 0.6) is 17.2 Å². The molecule has 4 aromatic rings. The molecule has 0 saturated carbocycles. The van der Waals surface area contributed by atoms with Crippen molar-refractivity contribution in [2.45, 2.75) is 19.9 Å². The third-order valence-corrected chi connectivity index (χ3v) is 5.97. The monoisotopic (exact) mass is 540 g/mol. The molecule has 1 heterocycles. The Balaban J connectivity index is 1.37. The third-order valence-electron chi connectivity index (χ3n) is 5.97. The van der Waals surface area contributed by atoms with Crippen molar-refractivity contribution in [1.29, 1.82) is 0 Å². The van der Waals surface area contributed by atoms with Crippen LogP contribution in [-0.4, -0.2) is 47.3 Å². The predicted octanol–water partition coefficient (Wildman–Crippen LogP) is 5.74. The molecule has 0 fully saturated rings. The first kappa shape index (κ1) is 27.8. The molecule has 0 aliphatic carbocycles. The van der Waals surface area contributed by atoms with Crippen molar-refractivity contribution < 1.29 is 33.3 Å². The molecule has 1 amide bonds. The molecule has 1 N–H and O–H groups in total. The summed E-state index contributed by atoms with van der Waals surface area (Å²) in [6.45, 7) is 3.13. The van der Waals surface area contributed by atoms with Crippen LogP contribution in [0.15, 0.2) is 83.3 Å².